The smallest absolute Gasteiger partial charge is 0.253 e. The summed E-state index contributed by atoms with van der Waals surface area (Å²) < 4.78 is 25.9. The van der Waals surface area contributed by atoms with Crippen LogP contribution >= 0.6 is 11.6 Å². The Bertz CT molecular complexity index is 464. The minimum absolute atomic E-state index is 0.0984. The fourth-order valence-electron chi connectivity index (χ4n) is 1.41. The Morgan fingerprint density at radius 1 is 1.39 bits per heavy atom. The molecule has 0 aliphatic carbocycles. The van der Waals surface area contributed by atoms with Crippen LogP contribution in [0.3, 0.4) is 0 Å². The molecule has 0 radical (unpaired) electrons. The first-order valence-electron chi connectivity index (χ1n) is 5.35. The normalized spacial score (nSPS) is 11.4. The van der Waals surface area contributed by atoms with Gasteiger partial charge in [-0.25, -0.2) is 8.78 Å². The van der Waals surface area contributed by atoms with Gasteiger partial charge in [-0.1, -0.05) is 11.6 Å². The number of rotatable bonds is 4. The molecule has 3 nitrogen and oxygen atoms in total. The van der Waals surface area contributed by atoms with E-state index < -0.39 is 23.1 Å². The summed E-state index contributed by atoms with van der Waals surface area (Å²) in [6.07, 6.45) is 0.333. The van der Waals surface area contributed by atoms with Crippen molar-refractivity contribution in [3.63, 3.8) is 0 Å². The summed E-state index contributed by atoms with van der Waals surface area (Å²) in [5.41, 5.74) is -0.804. The van der Waals surface area contributed by atoms with Crippen molar-refractivity contribution in [2.45, 2.75) is 25.8 Å². The molecule has 1 aromatic rings. The number of hydrogen-bond donors (Lipinski definition) is 2. The molecule has 0 heterocycles. The van der Waals surface area contributed by atoms with E-state index in [0.717, 1.165) is 12.1 Å². The van der Waals surface area contributed by atoms with Gasteiger partial charge in [-0.15, -0.1) is 0 Å². The number of amides is 1. The fraction of sp³-hybridized carbons (Fsp3) is 0.417. The Morgan fingerprint density at radius 3 is 2.50 bits per heavy atom. The van der Waals surface area contributed by atoms with Crippen LogP contribution < -0.4 is 5.32 Å². The van der Waals surface area contributed by atoms with Gasteiger partial charge in [-0.2, -0.15) is 0 Å². The standard InChI is InChI=1S/C12H14ClF2NO2/c1-12(2,3-4-17)16-11(18)7-5-9(14)10(15)6-8(7)13/h5-6,17H,3-4H2,1-2H3,(H,16,18). The van der Waals surface area contributed by atoms with Crippen LogP contribution in [0.25, 0.3) is 0 Å². The molecule has 0 aliphatic heterocycles. The first-order chi connectivity index (χ1) is 8.26. The average molecular weight is 278 g/mol. The van der Waals surface area contributed by atoms with Crippen LogP contribution in [-0.2, 0) is 0 Å². The lowest BCUT2D eigenvalue weighted by molar-refractivity contribution is 0.0899. The third kappa shape index (κ3) is 3.65. The van der Waals surface area contributed by atoms with E-state index in [-0.39, 0.29) is 17.2 Å². The Labute approximate surface area is 109 Å². The van der Waals surface area contributed by atoms with Crippen LogP contribution in [0, 0.1) is 11.6 Å². The molecular formula is C12H14ClF2NO2. The van der Waals surface area contributed by atoms with Gasteiger partial charge in [0.25, 0.3) is 5.91 Å². The van der Waals surface area contributed by atoms with Gasteiger partial charge >= 0.3 is 0 Å². The predicted octanol–water partition coefficient (Wildman–Crippen LogP) is 2.51. The highest BCUT2D eigenvalue weighted by Gasteiger charge is 2.23. The molecule has 0 aliphatic rings. The monoisotopic (exact) mass is 277 g/mol. The molecule has 1 aromatic carbocycles. The predicted molar refractivity (Wildman–Crippen MR) is 64.6 cm³/mol. The summed E-state index contributed by atoms with van der Waals surface area (Å²) in [5.74, 6) is -2.85. The molecule has 0 bridgehead atoms. The lowest BCUT2D eigenvalue weighted by Crippen LogP contribution is -2.44. The molecule has 2 N–H and O–H groups in total. The Kier molecular flexibility index (Phi) is 4.65. The molecule has 0 fully saturated rings. The summed E-state index contributed by atoms with van der Waals surface area (Å²) in [7, 11) is 0. The second kappa shape index (κ2) is 5.63. The number of hydrogen-bond acceptors (Lipinski definition) is 2. The van der Waals surface area contributed by atoms with Gasteiger partial charge in [-0.05, 0) is 32.4 Å². The molecule has 0 saturated carbocycles. The number of aliphatic hydroxyl groups is 1. The van der Waals surface area contributed by atoms with Gasteiger partial charge in [0.05, 0.1) is 10.6 Å². The van der Waals surface area contributed by atoms with Crippen molar-refractivity contribution in [3.05, 3.63) is 34.4 Å². The van der Waals surface area contributed by atoms with E-state index in [1.54, 1.807) is 13.8 Å². The molecule has 0 saturated heterocycles. The van der Waals surface area contributed by atoms with Gasteiger partial charge in [0.2, 0.25) is 0 Å². The fourth-order valence-corrected chi connectivity index (χ4v) is 1.65. The van der Waals surface area contributed by atoms with Crippen LogP contribution in [0.2, 0.25) is 5.02 Å². The van der Waals surface area contributed by atoms with Crippen LogP contribution in [-0.4, -0.2) is 23.2 Å². The van der Waals surface area contributed by atoms with Gasteiger partial charge in [0.1, 0.15) is 0 Å². The zero-order valence-electron chi connectivity index (χ0n) is 10.1. The highest BCUT2D eigenvalue weighted by Crippen LogP contribution is 2.21. The molecule has 0 atom stereocenters. The first-order valence-corrected chi connectivity index (χ1v) is 5.72. The maximum Gasteiger partial charge on any atom is 0.253 e. The minimum atomic E-state index is -1.13. The second-order valence-electron chi connectivity index (χ2n) is 4.56. The molecule has 0 aromatic heterocycles. The van der Waals surface area contributed by atoms with Gasteiger partial charge in [0.15, 0.2) is 11.6 Å². The summed E-state index contributed by atoms with van der Waals surface area (Å²) in [6, 6.07) is 1.51. The van der Waals surface area contributed by atoms with Crippen LogP contribution in [0.5, 0.6) is 0 Å². The van der Waals surface area contributed by atoms with Gasteiger partial charge < -0.3 is 10.4 Å². The van der Waals surface area contributed by atoms with E-state index in [2.05, 4.69) is 5.32 Å². The van der Waals surface area contributed by atoms with E-state index in [0.29, 0.717) is 6.42 Å². The third-order valence-electron chi connectivity index (χ3n) is 2.44. The van der Waals surface area contributed by atoms with E-state index in [1.165, 1.54) is 0 Å². The largest absolute Gasteiger partial charge is 0.396 e. The van der Waals surface area contributed by atoms with Crippen molar-refractivity contribution in [2.24, 2.45) is 0 Å². The number of nitrogens with one attached hydrogen (secondary N) is 1. The molecule has 1 amide bonds. The number of carbonyl (C=O) groups is 1. The lowest BCUT2D eigenvalue weighted by atomic mass is 10.0. The number of carbonyl (C=O) groups excluding carboxylic acids is 1. The lowest BCUT2D eigenvalue weighted by Gasteiger charge is -2.25. The SMILES string of the molecule is CC(C)(CCO)NC(=O)c1cc(F)c(F)cc1Cl. The van der Waals surface area contributed by atoms with Crippen LogP contribution in [0.1, 0.15) is 30.6 Å². The van der Waals surface area contributed by atoms with Crippen molar-refractivity contribution < 1.29 is 18.7 Å². The summed E-state index contributed by atoms with van der Waals surface area (Å²) in [6.45, 7) is 3.31. The summed E-state index contributed by atoms with van der Waals surface area (Å²) >= 11 is 5.69. The van der Waals surface area contributed by atoms with E-state index in [1.807, 2.05) is 0 Å². The molecule has 1 rings (SSSR count). The highest BCUT2D eigenvalue weighted by atomic mass is 35.5. The van der Waals surface area contributed by atoms with Crippen LogP contribution in [0.15, 0.2) is 12.1 Å². The summed E-state index contributed by atoms with van der Waals surface area (Å²) in [5, 5.41) is 11.3. The van der Waals surface area contributed by atoms with Crippen LogP contribution in [0.4, 0.5) is 8.78 Å². The zero-order chi connectivity index (χ0) is 13.9. The van der Waals surface area contributed by atoms with Crippen molar-refractivity contribution in [1.82, 2.24) is 5.32 Å². The summed E-state index contributed by atoms with van der Waals surface area (Å²) in [4.78, 5) is 11.9. The zero-order valence-corrected chi connectivity index (χ0v) is 10.8. The molecule has 0 spiro atoms. The van der Waals surface area contributed by atoms with Crippen molar-refractivity contribution in [2.75, 3.05) is 6.61 Å². The van der Waals surface area contributed by atoms with E-state index >= 15 is 0 Å². The third-order valence-corrected chi connectivity index (χ3v) is 2.76. The average Bonchev–Trinajstić information content (AvgIpc) is 2.22. The topological polar surface area (TPSA) is 49.3 Å². The van der Waals surface area contributed by atoms with Crippen molar-refractivity contribution in [1.29, 1.82) is 0 Å². The second-order valence-corrected chi connectivity index (χ2v) is 4.96. The van der Waals surface area contributed by atoms with Crippen molar-refractivity contribution in [3.8, 4) is 0 Å². The Hall–Kier alpha value is -1.20. The van der Waals surface area contributed by atoms with E-state index in [4.69, 9.17) is 16.7 Å². The van der Waals surface area contributed by atoms with Gasteiger partial charge in [0, 0.05) is 12.1 Å². The number of aliphatic hydroxyl groups excluding tert-OH is 1. The van der Waals surface area contributed by atoms with Gasteiger partial charge in [-0.3, -0.25) is 4.79 Å². The van der Waals surface area contributed by atoms with Crippen molar-refractivity contribution >= 4 is 17.5 Å². The maximum absolute atomic E-state index is 13.0. The molecule has 0 unspecified atom stereocenters. The first kappa shape index (κ1) is 14.9. The number of halogens is 3. The highest BCUT2D eigenvalue weighted by molar-refractivity contribution is 6.33. The Morgan fingerprint density at radius 2 is 1.94 bits per heavy atom. The van der Waals surface area contributed by atoms with E-state index in [9.17, 15) is 13.6 Å². The molecule has 6 heteroatoms. The molecule has 100 valence electrons. The molecular weight excluding hydrogens is 264 g/mol. The maximum atomic E-state index is 13.0. The number of benzene rings is 1. The minimum Gasteiger partial charge on any atom is -0.396 e. The Balaban J connectivity index is 2.95. The molecule has 18 heavy (non-hydrogen) atoms. The quantitative estimate of drug-likeness (QED) is 0.831.